The van der Waals surface area contributed by atoms with Gasteiger partial charge in [0.2, 0.25) is 18.2 Å². The van der Waals surface area contributed by atoms with Crippen molar-refractivity contribution in [3.63, 3.8) is 0 Å². The highest BCUT2D eigenvalue weighted by Gasteiger charge is 2.50. The monoisotopic (exact) mass is 560 g/mol. The molecule has 4 aromatic carbocycles. The Morgan fingerprint density at radius 2 is 1.05 bits per heavy atom. The summed E-state index contributed by atoms with van der Waals surface area (Å²) in [6, 6.07) is 20.1. The number of rotatable bonds is 6. The molecule has 0 aliphatic rings. The number of hydrogen-bond acceptors (Lipinski definition) is 3. The van der Waals surface area contributed by atoms with Crippen LogP contribution in [0.3, 0.4) is 0 Å². The van der Waals surface area contributed by atoms with Gasteiger partial charge < -0.3 is 4.57 Å². The van der Waals surface area contributed by atoms with Gasteiger partial charge >= 0.3 is 12.4 Å². The fourth-order valence-electron chi connectivity index (χ4n) is 4.34. The molecule has 4 aromatic rings. The van der Waals surface area contributed by atoms with Crippen molar-refractivity contribution >= 4 is 23.5 Å². The fourth-order valence-corrected chi connectivity index (χ4v) is 6.76. The maximum Gasteiger partial charge on any atom is 0.417 e. The maximum atomic E-state index is 14.7. The van der Waals surface area contributed by atoms with Gasteiger partial charge in [0.05, 0.1) is 16.7 Å². The van der Waals surface area contributed by atoms with Crippen LogP contribution in [-0.2, 0) is 16.9 Å². The lowest BCUT2D eigenvalue weighted by Crippen LogP contribution is -2.26. The quantitative estimate of drug-likeness (QED) is 0.176. The summed E-state index contributed by atoms with van der Waals surface area (Å²) in [7, 11) is -5.34. The summed E-state index contributed by atoms with van der Waals surface area (Å²) in [5, 5.41) is -0.479. The van der Waals surface area contributed by atoms with E-state index in [-0.39, 0.29) is 16.7 Å². The van der Waals surface area contributed by atoms with Crippen LogP contribution in [0.5, 0.6) is 0 Å². The van der Waals surface area contributed by atoms with Crippen LogP contribution in [0.2, 0.25) is 0 Å². The van der Waals surface area contributed by atoms with Gasteiger partial charge in [-0.25, -0.2) is 0 Å². The molecule has 1 atom stereocenters. The average Bonchev–Trinajstić information content (AvgIpc) is 2.91. The van der Waals surface area contributed by atoms with Crippen molar-refractivity contribution in [1.82, 2.24) is 0 Å². The molecule has 10 heteroatoms. The number of halogens is 6. The van der Waals surface area contributed by atoms with Gasteiger partial charge in [-0.05, 0) is 35.7 Å². The van der Waals surface area contributed by atoms with Gasteiger partial charge in [-0.3, -0.25) is 9.59 Å². The van der Waals surface area contributed by atoms with Gasteiger partial charge in [0.25, 0.3) is 0 Å². The van der Waals surface area contributed by atoms with E-state index in [4.69, 9.17) is 0 Å². The predicted molar refractivity (Wildman–Crippen MR) is 135 cm³/mol. The van der Waals surface area contributed by atoms with E-state index >= 15 is 0 Å². The zero-order valence-electron chi connectivity index (χ0n) is 20.2. The Morgan fingerprint density at radius 1 is 0.590 bits per heavy atom. The Balaban J connectivity index is 2.07. The summed E-state index contributed by atoms with van der Waals surface area (Å²) < 4.78 is 98.4. The van der Waals surface area contributed by atoms with Crippen LogP contribution in [0.1, 0.15) is 37.4 Å². The number of carbonyl (C=O) groups excluding carboxylic acids is 2. The molecule has 0 fully saturated rings. The lowest BCUT2D eigenvalue weighted by Gasteiger charge is -2.23. The molecule has 0 amide bonds. The van der Waals surface area contributed by atoms with Crippen LogP contribution in [-0.4, -0.2) is 11.0 Å². The van der Waals surface area contributed by atoms with Gasteiger partial charge in [-0.15, -0.1) is 0 Å². The van der Waals surface area contributed by atoms with E-state index in [9.17, 15) is 40.5 Å². The van der Waals surface area contributed by atoms with Gasteiger partial charge in [0, 0.05) is 10.9 Å². The minimum absolute atomic E-state index is 0.227. The maximum absolute atomic E-state index is 14.7. The first-order valence-corrected chi connectivity index (χ1v) is 13.2. The molecule has 0 radical (unpaired) electrons. The van der Waals surface area contributed by atoms with E-state index in [0.29, 0.717) is 23.8 Å². The van der Waals surface area contributed by atoms with Crippen molar-refractivity contribution in [2.75, 3.05) is 0 Å². The topological polar surface area (TPSA) is 51.2 Å². The van der Waals surface area contributed by atoms with Crippen LogP contribution in [0.25, 0.3) is 11.1 Å². The van der Waals surface area contributed by atoms with Crippen LogP contribution >= 0.6 is 7.14 Å². The van der Waals surface area contributed by atoms with Crippen LogP contribution in [0.4, 0.5) is 26.3 Å². The first kappa shape index (κ1) is 28.0. The van der Waals surface area contributed by atoms with E-state index in [2.05, 4.69) is 0 Å². The normalized spacial score (nSPS) is 13.5. The number of alkyl halides is 6. The number of aryl methyl sites for hydroxylation is 1. The molecule has 0 heterocycles. The molecule has 0 aromatic heterocycles. The van der Waals surface area contributed by atoms with E-state index in [1.807, 2.05) is 0 Å². The van der Waals surface area contributed by atoms with E-state index in [1.54, 1.807) is 36.4 Å². The minimum Gasteiger partial charge on any atom is -0.302 e. The smallest absolute Gasteiger partial charge is 0.302 e. The molecule has 0 saturated carbocycles. The molecular weight excluding hydrogens is 541 g/mol. The second-order valence-electron chi connectivity index (χ2n) is 8.64. The van der Waals surface area contributed by atoms with E-state index in [1.165, 1.54) is 37.3 Å². The Labute approximate surface area is 219 Å². The third-order valence-corrected chi connectivity index (χ3v) is 8.77. The summed E-state index contributed by atoms with van der Waals surface area (Å²) in [6.07, 6.45) is -10.8. The first-order chi connectivity index (χ1) is 18.3. The van der Waals surface area contributed by atoms with Gasteiger partial charge in [0.1, 0.15) is 0 Å². The largest absolute Gasteiger partial charge is 0.417 e. The van der Waals surface area contributed by atoms with E-state index < -0.39 is 52.5 Å². The second-order valence-corrected chi connectivity index (χ2v) is 11.2. The van der Waals surface area contributed by atoms with Crippen molar-refractivity contribution in [1.29, 1.82) is 0 Å². The summed E-state index contributed by atoms with van der Waals surface area (Å²) in [4.78, 5) is 28.1. The van der Waals surface area contributed by atoms with E-state index in [0.717, 1.165) is 12.1 Å². The van der Waals surface area contributed by atoms with Crippen molar-refractivity contribution in [2.24, 2.45) is 0 Å². The summed E-state index contributed by atoms with van der Waals surface area (Å²) in [5.41, 5.74) is -8.41. The molecule has 39 heavy (non-hydrogen) atoms. The molecule has 200 valence electrons. The lowest BCUT2D eigenvalue weighted by molar-refractivity contribution is -0.143. The number of carbonyl (C=O) groups is 2. The number of hydrogen-bond donors (Lipinski definition) is 0. The SMILES string of the molecule is Cc1cccc(-c2ccccc2)c1C(=O)P(=O)(C(=O)c1c(C(F)(F)F)cccc1C(F)(F)F)c1ccccc1. The zero-order chi connectivity index (χ0) is 28.6. The first-order valence-electron chi connectivity index (χ1n) is 11.5. The molecule has 0 bridgehead atoms. The van der Waals surface area contributed by atoms with Gasteiger partial charge in [-0.2, -0.15) is 26.3 Å². The summed E-state index contributed by atoms with van der Waals surface area (Å²) in [6.45, 7) is 1.48. The standard InChI is InChI=1S/C29H19F6O3P/c1-18-10-8-15-21(19-11-4-2-5-12-19)24(18)26(36)39(38,20-13-6-3-7-14-20)27(37)25-22(28(30,31)32)16-9-17-23(25)29(33,34)35/h2-17H,1H3. The van der Waals surface area contributed by atoms with Crippen molar-refractivity contribution in [3.05, 3.63) is 125 Å². The molecule has 1 unspecified atom stereocenters. The fraction of sp³-hybridized carbons (Fsp3) is 0.103. The molecule has 0 spiro atoms. The summed E-state index contributed by atoms with van der Waals surface area (Å²) >= 11 is 0. The molecule has 0 saturated heterocycles. The zero-order valence-corrected chi connectivity index (χ0v) is 21.1. The minimum atomic E-state index is -5.41. The highest BCUT2D eigenvalue weighted by molar-refractivity contribution is 8.01. The lowest BCUT2D eigenvalue weighted by atomic mass is 9.97. The highest BCUT2D eigenvalue weighted by atomic mass is 31.2. The van der Waals surface area contributed by atoms with Crippen LogP contribution < -0.4 is 5.30 Å². The third-order valence-electron chi connectivity index (χ3n) is 6.15. The molecule has 4 rings (SSSR count). The molecule has 0 N–H and O–H groups in total. The Morgan fingerprint density at radius 3 is 1.56 bits per heavy atom. The third kappa shape index (κ3) is 5.19. The van der Waals surface area contributed by atoms with Gasteiger partial charge in [0.15, 0.2) is 0 Å². The van der Waals surface area contributed by atoms with Crippen molar-refractivity contribution in [3.8, 4) is 11.1 Å². The van der Waals surface area contributed by atoms with Crippen LogP contribution in [0.15, 0.2) is 97.1 Å². The Hall–Kier alpha value is -3.97. The van der Waals surface area contributed by atoms with Crippen molar-refractivity contribution < 1.29 is 40.5 Å². The Kier molecular flexibility index (Phi) is 7.41. The van der Waals surface area contributed by atoms with Crippen LogP contribution in [0, 0.1) is 6.92 Å². The second kappa shape index (κ2) is 10.3. The number of benzene rings is 4. The average molecular weight is 560 g/mol. The van der Waals surface area contributed by atoms with Crippen molar-refractivity contribution in [2.45, 2.75) is 19.3 Å². The van der Waals surface area contributed by atoms with Gasteiger partial charge in [-0.1, -0.05) is 84.9 Å². The molecular formula is C29H19F6O3P. The molecule has 0 aliphatic heterocycles. The Bertz CT molecular complexity index is 1560. The summed E-state index contributed by atoms with van der Waals surface area (Å²) in [5.74, 6) is 0. The highest BCUT2D eigenvalue weighted by Crippen LogP contribution is 2.55. The molecule has 0 aliphatic carbocycles. The predicted octanol–water partition coefficient (Wildman–Crippen LogP) is 8.37. The molecule has 3 nitrogen and oxygen atoms in total.